The topological polar surface area (TPSA) is 54.6 Å². The molecule has 4 nitrogen and oxygen atoms in total. The number of hydrogen-bond acceptors (Lipinski definition) is 3. The van der Waals surface area contributed by atoms with Crippen LogP contribution in [0.4, 0.5) is 0 Å². The maximum Gasteiger partial charge on any atom is 0.308 e. The number of carbonyl (C=O) groups is 1. The summed E-state index contributed by atoms with van der Waals surface area (Å²) in [4.78, 5) is 17.5. The van der Waals surface area contributed by atoms with Crippen molar-refractivity contribution in [2.75, 3.05) is 0 Å². The third-order valence-corrected chi connectivity index (χ3v) is 4.91. The second-order valence-corrected chi connectivity index (χ2v) is 6.59. The van der Waals surface area contributed by atoms with Crippen molar-refractivity contribution in [1.29, 1.82) is 0 Å². The van der Waals surface area contributed by atoms with Gasteiger partial charge in [-0.15, -0.1) is 11.3 Å². The van der Waals surface area contributed by atoms with Crippen LogP contribution in [0.25, 0.3) is 27.3 Å². The van der Waals surface area contributed by atoms with E-state index in [9.17, 15) is 9.90 Å². The first-order chi connectivity index (χ1) is 11.1. The molecule has 4 aromatic rings. The molecule has 4 rings (SSSR count). The molecule has 2 aromatic heterocycles. The Labute approximate surface area is 136 Å². The van der Waals surface area contributed by atoms with Crippen molar-refractivity contribution in [3.63, 3.8) is 0 Å². The Morgan fingerprint density at radius 1 is 1.17 bits per heavy atom. The number of aromatic nitrogens is 2. The number of carboxylic acids is 1. The quantitative estimate of drug-likeness (QED) is 0.616. The zero-order valence-electron chi connectivity index (χ0n) is 12.5. The number of nitrogens with zero attached hydrogens (tertiary/aromatic N) is 2. The molecule has 0 radical (unpaired) electrons. The number of fused-ring (bicyclic) bond motifs is 3. The second kappa shape index (κ2) is 5.21. The lowest BCUT2D eigenvalue weighted by Gasteiger charge is -2.05. The highest BCUT2D eigenvalue weighted by Crippen LogP contribution is 2.35. The smallest absolute Gasteiger partial charge is 0.308 e. The van der Waals surface area contributed by atoms with Gasteiger partial charge in [-0.2, -0.15) is 0 Å². The summed E-state index contributed by atoms with van der Waals surface area (Å²) in [6, 6.07) is 16.1. The average Bonchev–Trinajstić information content (AvgIpc) is 3.03. The van der Waals surface area contributed by atoms with E-state index >= 15 is 0 Å². The van der Waals surface area contributed by atoms with Gasteiger partial charge < -0.3 is 5.11 Å². The molecule has 0 atom stereocenters. The summed E-state index contributed by atoms with van der Waals surface area (Å²) < 4.78 is 2.07. The maximum absolute atomic E-state index is 11.2. The minimum Gasteiger partial charge on any atom is -0.481 e. The predicted molar refractivity (Wildman–Crippen MR) is 92.1 cm³/mol. The zero-order chi connectivity index (χ0) is 16.0. The molecule has 2 heterocycles. The molecule has 0 spiro atoms. The first-order valence-electron chi connectivity index (χ1n) is 7.31. The maximum atomic E-state index is 11.2. The lowest BCUT2D eigenvalue weighted by molar-refractivity contribution is -0.136. The summed E-state index contributed by atoms with van der Waals surface area (Å²) in [6.07, 6.45) is 0.00552. The molecule has 0 aliphatic heterocycles. The van der Waals surface area contributed by atoms with Crippen LogP contribution in [0.15, 0.2) is 48.5 Å². The van der Waals surface area contributed by atoms with Crippen LogP contribution in [-0.4, -0.2) is 20.5 Å². The molecule has 0 unspecified atom stereocenters. The van der Waals surface area contributed by atoms with Crippen molar-refractivity contribution in [1.82, 2.24) is 9.38 Å². The number of para-hydroxylation sites is 2. The largest absolute Gasteiger partial charge is 0.481 e. The standard InChI is InChI=1S/C18H14N2O2S/c1-11-6-8-12(9-7-11)17-15(10-16(21)22)23-18-19-13-4-2-3-5-14(13)20(17)18/h2-9H,10H2,1H3,(H,21,22). The summed E-state index contributed by atoms with van der Waals surface area (Å²) in [6.45, 7) is 2.04. The summed E-state index contributed by atoms with van der Waals surface area (Å²) in [5, 5.41) is 9.24. The minimum atomic E-state index is -0.827. The number of imidazole rings is 1. The van der Waals surface area contributed by atoms with E-state index in [1.54, 1.807) is 0 Å². The van der Waals surface area contributed by atoms with Crippen LogP contribution in [0.3, 0.4) is 0 Å². The van der Waals surface area contributed by atoms with Crippen molar-refractivity contribution in [3.8, 4) is 11.3 Å². The van der Waals surface area contributed by atoms with Crippen LogP contribution in [0, 0.1) is 6.92 Å². The van der Waals surface area contributed by atoms with E-state index in [-0.39, 0.29) is 6.42 Å². The molecule has 23 heavy (non-hydrogen) atoms. The second-order valence-electron chi connectivity index (χ2n) is 5.53. The van der Waals surface area contributed by atoms with Crippen LogP contribution in [0.2, 0.25) is 0 Å². The number of benzene rings is 2. The molecule has 5 heteroatoms. The first kappa shape index (κ1) is 14.0. The molecule has 0 saturated carbocycles. The fraction of sp³-hybridized carbons (Fsp3) is 0.111. The summed E-state index contributed by atoms with van der Waals surface area (Å²) >= 11 is 1.45. The van der Waals surface area contributed by atoms with Gasteiger partial charge in [0.2, 0.25) is 0 Å². The highest BCUT2D eigenvalue weighted by atomic mass is 32.1. The van der Waals surface area contributed by atoms with E-state index in [4.69, 9.17) is 0 Å². The number of rotatable bonds is 3. The Morgan fingerprint density at radius 2 is 1.91 bits per heavy atom. The lowest BCUT2D eigenvalue weighted by atomic mass is 10.1. The van der Waals surface area contributed by atoms with Crippen molar-refractivity contribution in [2.24, 2.45) is 0 Å². The van der Waals surface area contributed by atoms with Crippen LogP contribution >= 0.6 is 11.3 Å². The Bertz CT molecular complexity index is 1030. The summed E-state index contributed by atoms with van der Waals surface area (Å²) in [5.41, 5.74) is 5.05. The highest BCUT2D eigenvalue weighted by Gasteiger charge is 2.19. The van der Waals surface area contributed by atoms with Gasteiger partial charge in [-0.1, -0.05) is 42.0 Å². The molecular formula is C18H14N2O2S. The van der Waals surface area contributed by atoms with Crippen LogP contribution in [0.5, 0.6) is 0 Å². The van der Waals surface area contributed by atoms with Gasteiger partial charge in [0, 0.05) is 4.88 Å². The van der Waals surface area contributed by atoms with Gasteiger partial charge in [0.15, 0.2) is 4.96 Å². The van der Waals surface area contributed by atoms with Crippen LogP contribution in [-0.2, 0) is 11.2 Å². The van der Waals surface area contributed by atoms with E-state index in [1.165, 1.54) is 16.9 Å². The average molecular weight is 322 g/mol. The van der Waals surface area contributed by atoms with Gasteiger partial charge in [-0.05, 0) is 24.6 Å². The molecule has 0 aliphatic carbocycles. The van der Waals surface area contributed by atoms with E-state index in [1.807, 2.05) is 55.5 Å². The van der Waals surface area contributed by atoms with Gasteiger partial charge in [-0.3, -0.25) is 9.20 Å². The monoisotopic (exact) mass is 322 g/mol. The van der Waals surface area contributed by atoms with Crippen molar-refractivity contribution in [3.05, 3.63) is 59.0 Å². The van der Waals surface area contributed by atoms with Crippen molar-refractivity contribution < 1.29 is 9.90 Å². The Kier molecular flexibility index (Phi) is 3.16. The number of thiazole rings is 1. The molecule has 1 N–H and O–H groups in total. The highest BCUT2D eigenvalue weighted by molar-refractivity contribution is 7.17. The first-order valence-corrected chi connectivity index (χ1v) is 8.13. The van der Waals surface area contributed by atoms with Gasteiger partial charge in [0.05, 0.1) is 23.1 Å². The van der Waals surface area contributed by atoms with Crippen LogP contribution < -0.4 is 0 Å². The Hall–Kier alpha value is -2.66. The molecule has 0 amide bonds. The number of aryl methyl sites for hydroxylation is 1. The van der Waals surface area contributed by atoms with Crippen molar-refractivity contribution in [2.45, 2.75) is 13.3 Å². The predicted octanol–water partition coefficient (Wildman–Crippen LogP) is 4.15. The SMILES string of the molecule is Cc1ccc(-c2c(CC(=O)O)sc3nc4ccccc4n23)cc1. The summed E-state index contributed by atoms with van der Waals surface area (Å²) in [5.74, 6) is -0.827. The lowest BCUT2D eigenvalue weighted by Crippen LogP contribution is -2.00. The number of carboxylic acid groups (broad SMARTS) is 1. The molecule has 0 bridgehead atoms. The molecule has 2 aromatic carbocycles. The third kappa shape index (κ3) is 2.29. The Morgan fingerprint density at radius 3 is 2.65 bits per heavy atom. The minimum absolute atomic E-state index is 0.00552. The van der Waals surface area contributed by atoms with E-state index < -0.39 is 5.97 Å². The van der Waals surface area contributed by atoms with E-state index in [0.29, 0.717) is 0 Å². The summed E-state index contributed by atoms with van der Waals surface area (Å²) in [7, 11) is 0. The van der Waals surface area contributed by atoms with E-state index in [2.05, 4.69) is 9.38 Å². The fourth-order valence-corrected chi connectivity index (χ4v) is 3.98. The van der Waals surface area contributed by atoms with Crippen LogP contribution in [0.1, 0.15) is 10.4 Å². The third-order valence-electron chi connectivity index (χ3n) is 3.87. The number of hydrogen-bond donors (Lipinski definition) is 1. The molecule has 0 fully saturated rings. The molecule has 0 saturated heterocycles. The molecule has 114 valence electrons. The molecular weight excluding hydrogens is 308 g/mol. The molecule has 0 aliphatic rings. The fourth-order valence-electron chi connectivity index (χ4n) is 2.83. The number of aliphatic carboxylic acids is 1. The zero-order valence-corrected chi connectivity index (χ0v) is 13.3. The van der Waals surface area contributed by atoms with E-state index in [0.717, 1.165) is 32.1 Å². The van der Waals surface area contributed by atoms with Crippen molar-refractivity contribution >= 4 is 33.3 Å². The van der Waals surface area contributed by atoms with Gasteiger partial charge in [0.1, 0.15) is 0 Å². The van der Waals surface area contributed by atoms with Gasteiger partial charge >= 0.3 is 5.97 Å². The van der Waals surface area contributed by atoms with Gasteiger partial charge in [-0.25, -0.2) is 4.98 Å². The Balaban J connectivity index is 2.07. The van der Waals surface area contributed by atoms with Gasteiger partial charge in [0.25, 0.3) is 0 Å². The normalized spacial score (nSPS) is 11.3.